The van der Waals surface area contributed by atoms with E-state index in [9.17, 15) is 4.79 Å². The number of nitrogens with zero attached hydrogens (tertiary/aromatic N) is 3. The first-order valence-corrected chi connectivity index (χ1v) is 8.54. The maximum atomic E-state index is 12.6. The highest BCUT2D eigenvalue weighted by atomic mass is 32.1. The molecule has 1 aliphatic heterocycles. The Balaban J connectivity index is 1.46. The Morgan fingerprint density at radius 2 is 2.32 bits per heavy atom. The SMILES string of the molecule is Cn1cc([C@H]2CNC[C@@H]2C(=O)Nc2nc(C3CC3)cs2)cn1. The largest absolute Gasteiger partial charge is 0.315 e. The third kappa shape index (κ3) is 2.66. The zero-order chi connectivity index (χ0) is 15.1. The highest BCUT2D eigenvalue weighted by molar-refractivity contribution is 7.13. The van der Waals surface area contributed by atoms with Crippen LogP contribution in [0.1, 0.15) is 35.9 Å². The highest BCUT2D eigenvalue weighted by Crippen LogP contribution is 2.41. The van der Waals surface area contributed by atoms with Crippen molar-refractivity contribution in [2.45, 2.75) is 24.7 Å². The molecule has 2 aromatic heterocycles. The van der Waals surface area contributed by atoms with Gasteiger partial charge in [-0.05, 0) is 18.4 Å². The minimum atomic E-state index is -0.0718. The fourth-order valence-corrected chi connectivity index (χ4v) is 3.84. The van der Waals surface area contributed by atoms with Crippen molar-refractivity contribution in [3.05, 3.63) is 29.0 Å². The number of thiazole rings is 1. The topological polar surface area (TPSA) is 71.8 Å². The Kier molecular flexibility index (Phi) is 3.46. The number of anilines is 1. The van der Waals surface area contributed by atoms with Gasteiger partial charge in [0.05, 0.1) is 17.8 Å². The van der Waals surface area contributed by atoms with E-state index in [2.05, 4.69) is 26.1 Å². The number of carbonyl (C=O) groups is 1. The van der Waals surface area contributed by atoms with E-state index in [0.29, 0.717) is 12.5 Å². The summed E-state index contributed by atoms with van der Waals surface area (Å²) < 4.78 is 1.78. The van der Waals surface area contributed by atoms with Gasteiger partial charge in [-0.1, -0.05) is 0 Å². The second kappa shape index (κ2) is 5.48. The molecule has 2 atom stereocenters. The van der Waals surface area contributed by atoms with E-state index >= 15 is 0 Å². The summed E-state index contributed by atoms with van der Waals surface area (Å²) in [6.07, 6.45) is 6.30. The molecule has 1 aliphatic carbocycles. The van der Waals surface area contributed by atoms with Gasteiger partial charge in [0, 0.05) is 43.5 Å². The summed E-state index contributed by atoms with van der Waals surface area (Å²) in [5.41, 5.74) is 2.25. The standard InChI is InChI=1S/C15H19N5OS/c1-20-7-10(4-17-20)11-5-16-6-12(11)14(21)19-15-18-13(8-22-15)9-2-3-9/h4,7-9,11-12,16H,2-3,5-6H2,1H3,(H,18,19,21)/t11-,12+/m1/s1. The lowest BCUT2D eigenvalue weighted by Crippen LogP contribution is -2.28. The number of rotatable bonds is 4. The zero-order valence-corrected chi connectivity index (χ0v) is 13.3. The average molecular weight is 317 g/mol. The summed E-state index contributed by atoms with van der Waals surface area (Å²) >= 11 is 1.53. The Labute approximate surface area is 132 Å². The lowest BCUT2D eigenvalue weighted by molar-refractivity contribution is -0.119. The summed E-state index contributed by atoms with van der Waals surface area (Å²) in [5.74, 6) is 0.780. The molecule has 0 unspecified atom stereocenters. The fraction of sp³-hybridized carbons (Fsp3) is 0.533. The van der Waals surface area contributed by atoms with Gasteiger partial charge in [0.25, 0.3) is 0 Å². The number of aromatic nitrogens is 3. The Bertz CT molecular complexity index is 690. The lowest BCUT2D eigenvalue weighted by Gasteiger charge is -2.15. The predicted molar refractivity (Wildman–Crippen MR) is 85.0 cm³/mol. The van der Waals surface area contributed by atoms with E-state index < -0.39 is 0 Å². The van der Waals surface area contributed by atoms with Gasteiger partial charge in [-0.3, -0.25) is 9.48 Å². The van der Waals surface area contributed by atoms with E-state index in [1.165, 1.54) is 24.2 Å². The number of nitrogens with one attached hydrogen (secondary N) is 2. The summed E-state index contributed by atoms with van der Waals surface area (Å²) in [6, 6.07) is 0. The monoisotopic (exact) mass is 317 g/mol. The van der Waals surface area contributed by atoms with Gasteiger partial charge < -0.3 is 10.6 Å². The number of hydrogen-bond acceptors (Lipinski definition) is 5. The fourth-order valence-electron chi connectivity index (χ4n) is 3.04. The molecule has 6 nitrogen and oxygen atoms in total. The van der Waals surface area contributed by atoms with Crippen molar-refractivity contribution in [2.24, 2.45) is 13.0 Å². The molecule has 1 saturated heterocycles. The number of carbonyl (C=O) groups excluding carboxylic acids is 1. The average Bonchev–Trinajstić information content (AvgIpc) is 2.92. The lowest BCUT2D eigenvalue weighted by atomic mass is 9.90. The number of hydrogen-bond donors (Lipinski definition) is 2. The summed E-state index contributed by atoms with van der Waals surface area (Å²) in [4.78, 5) is 17.1. The van der Waals surface area contributed by atoms with Crippen LogP contribution in [0, 0.1) is 5.92 Å². The first kappa shape index (κ1) is 13.9. The maximum absolute atomic E-state index is 12.6. The molecular formula is C15H19N5OS. The molecule has 3 heterocycles. The van der Waals surface area contributed by atoms with E-state index in [0.717, 1.165) is 22.9 Å². The van der Waals surface area contributed by atoms with Crippen molar-refractivity contribution >= 4 is 22.4 Å². The highest BCUT2D eigenvalue weighted by Gasteiger charge is 2.35. The van der Waals surface area contributed by atoms with E-state index in [1.807, 2.05) is 19.4 Å². The molecule has 116 valence electrons. The van der Waals surface area contributed by atoms with Crippen LogP contribution in [0.4, 0.5) is 5.13 Å². The molecule has 0 spiro atoms. The second-order valence-electron chi connectivity index (χ2n) is 6.16. The van der Waals surface area contributed by atoms with E-state index in [-0.39, 0.29) is 17.7 Å². The third-order valence-electron chi connectivity index (χ3n) is 4.45. The van der Waals surface area contributed by atoms with Crippen molar-refractivity contribution in [3.63, 3.8) is 0 Å². The summed E-state index contributed by atoms with van der Waals surface area (Å²) in [7, 11) is 1.90. The van der Waals surface area contributed by atoms with Gasteiger partial charge in [0.15, 0.2) is 5.13 Å². The molecule has 0 radical (unpaired) electrons. The Morgan fingerprint density at radius 3 is 3.05 bits per heavy atom. The van der Waals surface area contributed by atoms with Crippen LogP contribution in [0.25, 0.3) is 0 Å². The van der Waals surface area contributed by atoms with Crippen molar-refractivity contribution in [3.8, 4) is 0 Å². The van der Waals surface area contributed by atoms with Crippen molar-refractivity contribution in [1.29, 1.82) is 0 Å². The maximum Gasteiger partial charge on any atom is 0.231 e. The molecule has 7 heteroatoms. The molecule has 4 rings (SSSR count). The smallest absolute Gasteiger partial charge is 0.231 e. The number of aryl methyl sites for hydroxylation is 1. The van der Waals surface area contributed by atoms with Crippen molar-refractivity contribution in [2.75, 3.05) is 18.4 Å². The van der Waals surface area contributed by atoms with Crippen LogP contribution in [-0.4, -0.2) is 33.8 Å². The molecule has 2 aliphatic rings. The van der Waals surface area contributed by atoms with Crippen LogP contribution in [0.15, 0.2) is 17.8 Å². The molecule has 1 amide bonds. The van der Waals surface area contributed by atoms with Gasteiger partial charge in [-0.2, -0.15) is 5.10 Å². The molecule has 1 saturated carbocycles. The second-order valence-corrected chi connectivity index (χ2v) is 7.02. The Morgan fingerprint density at radius 1 is 1.45 bits per heavy atom. The van der Waals surface area contributed by atoms with Crippen LogP contribution in [0.3, 0.4) is 0 Å². The van der Waals surface area contributed by atoms with E-state index in [1.54, 1.807) is 4.68 Å². The van der Waals surface area contributed by atoms with Gasteiger partial charge >= 0.3 is 0 Å². The molecule has 22 heavy (non-hydrogen) atoms. The summed E-state index contributed by atoms with van der Waals surface area (Å²) in [6.45, 7) is 1.52. The minimum Gasteiger partial charge on any atom is -0.315 e. The quantitative estimate of drug-likeness (QED) is 0.900. The van der Waals surface area contributed by atoms with Crippen molar-refractivity contribution in [1.82, 2.24) is 20.1 Å². The van der Waals surface area contributed by atoms with Gasteiger partial charge in [-0.15, -0.1) is 11.3 Å². The molecular weight excluding hydrogens is 298 g/mol. The van der Waals surface area contributed by atoms with Gasteiger partial charge in [0.1, 0.15) is 0 Å². The van der Waals surface area contributed by atoms with Crippen LogP contribution in [0.2, 0.25) is 0 Å². The van der Waals surface area contributed by atoms with Crippen LogP contribution < -0.4 is 10.6 Å². The molecule has 0 bridgehead atoms. The van der Waals surface area contributed by atoms with Crippen LogP contribution in [0.5, 0.6) is 0 Å². The molecule has 2 N–H and O–H groups in total. The zero-order valence-electron chi connectivity index (χ0n) is 12.5. The summed E-state index contributed by atoms with van der Waals surface area (Å²) in [5, 5.41) is 13.3. The minimum absolute atomic E-state index is 0.0514. The first-order chi connectivity index (χ1) is 10.7. The van der Waals surface area contributed by atoms with Crippen molar-refractivity contribution < 1.29 is 4.79 Å². The molecule has 0 aromatic carbocycles. The molecule has 2 aromatic rings. The van der Waals surface area contributed by atoms with Gasteiger partial charge in [0.2, 0.25) is 5.91 Å². The normalized spacial score (nSPS) is 24.6. The van der Waals surface area contributed by atoms with Crippen LogP contribution in [-0.2, 0) is 11.8 Å². The molecule has 2 fully saturated rings. The number of amides is 1. The Hall–Kier alpha value is -1.73. The third-order valence-corrected chi connectivity index (χ3v) is 5.23. The van der Waals surface area contributed by atoms with E-state index in [4.69, 9.17) is 0 Å². The van der Waals surface area contributed by atoms with Crippen LogP contribution >= 0.6 is 11.3 Å². The first-order valence-electron chi connectivity index (χ1n) is 7.66. The van der Waals surface area contributed by atoms with Gasteiger partial charge in [-0.25, -0.2) is 4.98 Å². The predicted octanol–water partition coefficient (Wildman–Crippen LogP) is 1.70.